The van der Waals surface area contributed by atoms with Crippen molar-refractivity contribution < 1.29 is 9.50 Å². The molecule has 1 aromatic carbocycles. The summed E-state index contributed by atoms with van der Waals surface area (Å²) in [5, 5.41) is 9.89. The molecule has 2 rings (SSSR count). The Labute approximate surface area is 115 Å². The number of hydrogen-bond acceptors (Lipinski definition) is 2. The van der Waals surface area contributed by atoms with Gasteiger partial charge in [-0.15, -0.1) is 0 Å². The van der Waals surface area contributed by atoms with Gasteiger partial charge in [0.15, 0.2) is 0 Å². The lowest BCUT2D eigenvalue weighted by molar-refractivity contribution is 0.199. The summed E-state index contributed by atoms with van der Waals surface area (Å²) in [7, 11) is 0. The first-order chi connectivity index (χ1) is 9.02. The van der Waals surface area contributed by atoms with E-state index in [4.69, 9.17) is 0 Å². The first-order valence-corrected chi connectivity index (χ1v) is 7.26. The Bertz CT molecular complexity index is 441. The molecular weight excluding hydrogens is 241 g/mol. The lowest BCUT2D eigenvalue weighted by Gasteiger charge is -2.28. The molecule has 1 atom stereocenters. The van der Waals surface area contributed by atoms with E-state index in [0.29, 0.717) is 11.1 Å². The minimum Gasteiger partial charge on any atom is -0.389 e. The normalized spacial score (nSPS) is 16.5. The van der Waals surface area contributed by atoms with Gasteiger partial charge in [0.05, 0.1) is 6.10 Å². The van der Waals surface area contributed by atoms with Crippen LogP contribution in [-0.2, 0) is 0 Å². The fourth-order valence-electron chi connectivity index (χ4n) is 2.48. The van der Waals surface area contributed by atoms with Gasteiger partial charge in [0, 0.05) is 24.3 Å². The number of nitrogens with zero attached hydrogens (tertiary/aromatic N) is 1. The molecule has 0 aliphatic heterocycles. The molecule has 0 radical (unpaired) electrons. The number of anilines is 1. The maximum Gasteiger partial charge on any atom is 0.126 e. The molecule has 1 aliphatic carbocycles. The van der Waals surface area contributed by atoms with Crippen LogP contribution in [0.4, 0.5) is 10.1 Å². The first kappa shape index (κ1) is 14.3. The molecule has 1 saturated carbocycles. The molecule has 3 heteroatoms. The number of benzene rings is 1. The van der Waals surface area contributed by atoms with Gasteiger partial charge in [-0.25, -0.2) is 4.39 Å². The molecule has 1 aromatic rings. The minimum atomic E-state index is -0.636. The van der Waals surface area contributed by atoms with Gasteiger partial charge in [0.2, 0.25) is 0 Å². The first-order valence-electron chi connectivity index (χ1n) is 7.26. The zero-order valence-electron chi connectivity index (χ0n) is 12.1. The second-order valence-electron chi connectivity index (χ2n) is 5.73. The summed E-state index contributed by atoms with van der Waals surface area (Å²) in [6, 6.07) is 3.38. The van der Waals surface area contributed by atoms with E-state index in [1.807, 2.05) is 6.07 Å². The van der Waals surface area contributed by atoms with Crippen molar-refractivity contribution >= 4 is 5.69 Å². The summed E-state index contributed by atoms with van der Waals surface area (Å²) < 4.78 is 13.7. The van der Waals surface area contributed by atoms with E-state index in [9.17, 15) is 9.50 Å². The van der Waals surface area contributed by atoms with Crippen LogP contribution in [0.25, 0.3) is 0 Å². The van der Waals surface area contributed by atoms with E-state index in [-0.39, 0.29) is 5.82 Å². The van der Waals surface area contributed by atoms with Crippen LogP contribution in [0.3, 0.4) is 0 Å². The van der Waals surface area contributed by atoms with Gasteiger partial charge in [-0.1, -0.05) is 6.92 Å². The van der Waals surface area contributed by atoms with Crippen LogP contribution in [0.5, 0.6) is 0 Å². The molecule has 0 amide bonds. The topological polar surface area (TPSA) is 23.5 Å². The maximum atomic E-state index is 13.7. The van der Waals surface area contributed by atoms with Crippen LogP contribution in [0.2, 0.25) is 0 Å². The van der Waals surface area contributed by atoms with Crippen molar-refractivity contribution in [3.05, 3.63) is 29.1 Å². The molecule has 1 N–H and O–H groups in total. The Morgan fingerprint density at radius 2 is 2.11 bits per heavy atom. The van der Waals surface area contributed by atoms with Crippen LogP contribution in [0.1, 0.15) is 50.3 Å². The fourth-order valence-corrected chi connectivity index (χ4v) is 2.48. The number of hydrogen-bond donors (Lipinski definition) is 1. The third kappa shape index (κ3) is 3.47. The summed E-state index contributed by atoms with van der Waals surface area (Å²) in [5.41, 5.74) is 2.36. The second kappa shape index (κ2) is 5.91. The van der Waals surface area contributed by atoms with E-state index in [2.05, 4.69) is 11.8 Å². The molecule has 19 heavy (non-hydrogen) atoms. The van der Waals surface area contributed by atoms with Crippen LogP contribution >= 0.6 is 0 Å². The van der Waals surface area contributed by atoms with Gasteiger partial charge in [0.25, 0.3) is 0 Å². The van der Waals surface area contributed by atoms with Crippen molar-refractivity contribution in [2.24, 2.45) is 5.92 Å². The second-order valence-corrected chi connectivity index (χ2v) is 5.73. The number of aliphatic hydroxyl groups is 1. The molecule has 0 bridgehead atoms. The quantitative estimate of drug-likeness (QED) is 0.845. The Balaban J connectivity index is 2.34. The van der Waals surface area contributed by atoms with E-state index in [1.54, 1.807) is 13.8 Å². The maximum absolute atomic E-state index is 13.7. The highest BCUT2D eigenvalue weighted by molar-refractivity contribution is 5.57. The summed E-state index contributed by atoms with van der Waals surface area (Å²) >= 11 is 0. The van der Waals surface area contributed by atoms with E-state index in [0.717, 1.165) is 31.1 Å². The summed E-state index contributed by atoms with van der Waals surface area (Å²) in [5.74, 6) is 0.543. The van der Waals surface area contributed by atoms with Crippen LogP contribution in [0.15, 0.2) is 12.1 Å². The van der Waals surface area contributed by atoms with Crippen molar-refractivity contribution in [2.45, 2.75) is 46.1 Å². The molecule has 1 aliphatic rings. The average molecular weight is 265 g/mol. The van der Waals surface area contributed by atoms with Gasteiger partial charge in [-0.3, -0.25) is 0 Å². The molecule has 1 fully saturated rings. The molecule has 1 unspecified atom stereocenters. The van der Waals surface area contributed by atoms with Gasteiger partial charge < -0.3 is 10.0 Å². The summed E-state index contributed by atoms with van der Waals surface area (Å²) in [6.45, 7) is 7.62. The average Bonchev–Trinajstić information content (AvgIpc) is 3.15. The highest BCUT2D eigenvalue weighted by Crippen LogP contribution is 2.35. The van der Waals surface area contributed by atoms with Crippen molar-refractivity contribution in [3.8, 4) is 0 Å². The Morgan fingerprint density at radius 1 is 1.42 bits per heavy atom. The Hall–Kier alpha value is -1.09. The van der Waals surface area contributed by atoms with Gasteiger partial charge in [0.1, 0.15) is 5.82 Å². The van der Waals surface area contributed by atoms with Crippen molar-refractivity contribution in [3.63, 3.8) is 0 Å². The third-order valence-electron chi connectivity index (χ3n) is 3.77. The molecular formula is C16H24FNO. The number of aryl methyl sites for hydroxylation is 1. The van der Waals surface area contributed by atoms with Crippen molar-refractivity contribution in [1.82, 2.24) is 0 Å². The van der Waals surface area contributed by atoms with Gasteiger partial charge in [-0.2, -0.15) is 0 Å². The number of aliphatic hydroxyl groups excluding tert-OH is 1. The smallest absolute Gasteiger partial charge is 0.126 e. The standard InChI is InChI=1S/C16H24FNO/c1-4-7-18(10-13-5-6-13)16-8-11(2)15(17)9-14(16)12(3)19/h8-9,12-13,19H,4-7,10H2,1-3H3. The molecule has 0 saturated heterocycles. The van der Waals surface area contributed by atoms with E-state index >= 15 is 0 Å². The lowest BCUT2D eigenvalue weighted by atomic mass is 10.0. The van der Waals surface area contributed by atoms with Crippen LogP contribution in [-0.4, -0.2) is 18.2 Å². The predicted molar refractivity (Wildman–Crippen MR) is 77.0 cm³/mol. The van der Waals surface area contributed by atoms with Gasteiger partial charge in [-0.05, 0) is 56.7 Å². The zero-order valence-corrected chi connectivity index (χ0v) is 12.1. The Kier molecular flexibility index (Phi) is 4.46. The largest absolute Gasteiger partial charge is 0.389 e. The fraction of sp³-hybridized carbons (Fsp3) is 0.625. The van der Waals surface area contributed by atoms with Crippen molar-refractivity contribution in [1.29, 1.82) is 0 Å². The summed E-state index contributed by atoms with van der Waals surface area (Å²) in [6.07, 6.45) is 3.01. The monoisotopic (exact) mass is 265 g/mol. The van der Waals surface area contributed by atoms with Crippen LogP contribution in [0, 0.1) is 18.7 Å². The number of halogens is 1. The third-order valence-corrected chi connectivity index (χ3v) is 3.77. The van der Waals surface area contributed by atoms with Gasteiger partial charge >= 0.3 is 0 Å². The number of rotatable bonds is 6. The predicted octanol–water partition coefficient (Wildman–Crippen LogP) is 3.81. The minimum absolute atomic E-state index is 0.234. The van der Waals surface area contributed by atoms with E-state index < -0.39 is 6.10 Å². The van der Waals surface area contributed by atoms with Crippen molar-refractivity contribution in [2.75, 3.05) is 18.0 Å². The molecule has 2 nitrogen and oxygen atoms in total. The zero-order chi connectivity index (χ0) is 14.0. The highest BCUT2D eigenvalue weighted by atomic mass is 19.1. The lowest BCUT2D eigenvalue weighted by Crippen LogP contribution is -2.28. The highest BCUT2D eigenvalue weighted by Gasteiger charge is 2.26. The SMILES string of the molecule is CCCN(CC1CC1)c1cc(C)c(F)cc1C(C)O. The van der Waals surface area contributed by atoms with E-state index in [1.165, 1.54) is 18.9 Å². The molecule has 106 valence electrons. The molecule has 0 aromatic heterocycles. The summed E-state index contributed by atoms with van der Waals surface area (Å²) in [4.78, 5) is 2.31. The Morgan fingerprint density at radius 3 is 2.63 bits per heavy atom. The van der Waals surface area contributed by atoms with Crippen LogP contribution < -0.4 is 4.90 Å². The molecule has 0 spiro atoms. The molecule has 0 heterocycles.